The standard InChI is InChI=1S/C12H22N4O2/c13-12(18)15-11(17)8-16(10-4-5-10)7-9-3-1-2-6-14-9/h9-10,14H,1-8H2,(H3,13,15,17,18). The maximum Gasteiger partial charge on any atom is 0.318 e. The molecule has 102 valence electrons. The number of amides is 3. The SMILES string of the molecule is NC(=O)NC(=O)CN(CC1CCCCN1)C1CC1. The lowest BCUT2D eigenvalue weighted by Gasteiger charge is -2.30. The lowest BCUT2D eigenvalue weighted by Crippen LogP contribution is -2.48. The number of carbonyl (C=O) groups is 2. The van der Waals surface area contributed by atoms with Crippen molar-refractivity contribution in [2.45, 2.75) is 44.2 Å². The normalized spacial score (nSPS) is 23.9. The van der Waals surface area contributed by atoms with Crippen molar-refractivity contribution in [2.24, 2.45) is 5.73 Å². The molecule has 1 aliphatic carbocycles. The summed E-state index contributed by atoms with van der Waals surface area (Å²) >= 11 is 0. The third kappa shape index (κ3) is 4.27. The van der Waals surface area contributed by atoms with Crippen molar-refractivity contribution in [2.75, 3.05) is 19.6 Å². The van der Waals surface area contributed by atoms with Crippen LogP contribution in [-0.2, 0) is 4.79 Å². The molecule has 0 aromatic carbocycles. The smallest absolute Gasteiger partial charge is 0.318 e. The second kappa shape index (κ2) is 6.15. The molecule has 2 aliphatic rings. The first-order chi connectivity index (χ1) is 8.65. The van der Waals surface area contributed by atoms with Crippen LogP contribution >= 0.6 is 0 Å². The first-order valence-electron chi connectivity index (χ1n) is 6.72. The van der Waals surface area contributed by atoms with Crippen LogP contribution in [0.15, 0.2) is 0 Å². The summed E-state index contributed by atoms with van der Waals surface area (Å²) in [6, 6.07) is 0.208. The molecular formula is C12H22N4O2. The van der Waals surface area contributed by atoms with Crippen LogP contribution in [0.25, 0.3) is 0 Å². The molecule has 1 saturated carbocycles. The first-order valence-corrected chi connectivity index (χ1v) is 6.72. The van der Waals surface area contributed by atoms with Crippen molar-refractivity contribution in [3.8, 4) is 0 Å². The molecule has 6 heteroatoms. The van der Waals surface area contributed by atoms with Crippen LogP contribution in [0.2, 0.25) is 0 Å². The van der Waals surface area contributed by atoms with E-state index in [1.54, 1.807) is 0 Å². The Morgan fingerprint density at radius 3 is 2.61 bits per heavy atom. The topological polar surface area (TPSA) is 87.5 Å². The van der Waals surface area contributed by atoms with E-state index >= 15 is 0 Å². The van der Waals surface area contributed by atoms with Crippen molar-refractivity contribution in [3.05, 3.63) is 0 Å². The van der Waals surface area contributed by atoms with Gasteiger partial charge in [0, 0.05) is 18.6 Å². The molecule has 1 aliphatic heterocycles. The molecule has 1 saturated heterocycles. The van der Waals surface area contributed by atoms with E-state index in [1.807, 2.05) is 0 Å². The number of urea groups is 1. The van der Waals surface area contributed by atoms with Crippen LogP contribution < -0.4 is 16.4 Å². The summed E-state index contributed by atoms with van der Waals surface area (Å²) in [6.45, 7) is 2.22. The number of carbonyl (C=O) groups excluding carboxylic acids is 2. The molecule has 1 unspecified atom stereocenters. The van der Waals surface area contributed by atoms with Gasteiger partial charge in [0.15, 0.2) is 0 Å². The predicted octanol–water partition coefficient (Wildman–Crippen LogP) is -0.212. The fraction of sp³-hybridized carbons (Fsp3) is 0.833. The van der Waals surface area contributed by atoms with Crippen molar-refractivity contribution in [1.29, 1.82) is 0 Å². The maximum absolute atomic E-state index is 11.6. The molecular weight excluding hydrogens is 232 g/mol. The Kier molecular flexibility index (Phi) is 4.54. The molecule has 1 atom stereocenters. The molecule has 0 aromatic rings. The number of nitrogens with two attached hydrogens (primary N) is 1. The van der Waals surface area contributed by atoms with Crippen molar-refractivity contribution < 1.29 is 9.59 Å². The Morgan fingerprint density at radius 2 is 2.06 bits per heavy atom. The first kappa shape index (κ1) is 13.3. The van der Waals surface area contributed by atoms with E-state index in [2.05, 4.69) is 15.5 Å². The summed E-state index contributed by atoms with van der Waals surface area (Å²) in [4.78, 5) is 24.4. The van der Waals surface area contributed by atoms with Gasteiger partial charge in [0.25, 0.3) is 0 Å². The van der Waals surface area contributed by atoms with E-state index in [0.29, 0.717) is 12.1 Å². The molecule has 0 bridgehead atoms. The molecule has 3 amide bonds. The second-order valence-corrected chi connectivity index (χ2v) is 5.22. The predicted molar refractivity (Wildman–Crippen MR) is 68.0 cm³/mol. The minimum Gasteiger partial charge on any atom is -0.351 e. The van der Waals surface area contributed by atoms with Gasteiger partial charge >= 0.3 is 6.03 Å². The highest BCUT2D eigenvalue weighted by Gasteiger charge is 2.32. The second-order valence-electron chi connectivity index (χ2n) is 5.22. The number of hydrogen-bond acceptors (Lipinski definition) is 4. The zero-order valence-electron chi connectivity index (χ0n) is 10.7. The number of nitrogens with one attached hydrogen (secondary N) is 2. The molecule has 1 heterocycles. The number of hydrogen-bond donors (Lipinski definition) is 3. The summed E-state index contributed by atoms with van der Waals surface area (Å²) in [7, 11) is 0. The molecule has 0 spiro atoms. The van der Waals surface area contributed by atoms with Crippen molar-refractivity contribution in [3.63, 3.8) is 0 Å². The van der Waals surface area contributed by atoms with Gasteiger partial charge in [-0.25, -0.2) is 4.79 Å². The zero-order chi connectivity index (χ0) is 13.0. The van der Waals surface area contributed by atoms with E-state index < -0.39 is 6.03 Å². The number of imide groups is 1. The largest absolute Gasteiger partial charge is 0.351 e. The molecule has 4 N–H and O–H groups in total. The highest BCUT2D eigenvalue weighted by Crippen LogP contribution is 2.27. The van der Waals surface area contributed by atoms with Gasteiger partial charge in [-0.1, -0.05) is 6.42 Å². The minimum atomic E-state index is -0.772. The van der Waals surface area contributed by atoms with Crippen LogP contribution in [0, 0.1) is 0 Å². The summed E-state index contributed by atoms with van der Waals surface area (Å²) in [5, 5.41) is 5.61. The highest BCUT2D eigenvalue weighted by molar-refractivity contribution is 5.94. The number of nitrogens with zero attached hydrogens (tertiary/aromatic N) is 1. The zero-order valence-corrected chi connectivity index (χ0v) is 10.7. The van der Waals surface area contributed by atoms with Crippen LogP contribution in [0.4, 0.5) is 4.79 Å². The van der Waals surface area contributed by atoms with E-state index in [1.165, 1.54) is 19.3 Å². The quantitative estimate of drug-likeness (QED) is 0.633. The van der Waals surface area contributed by atoms with Crippen LogP contribution in [0.3, 0.4) is 0 Å². The fourth-order valence-electron chi connectivity index (χ4n) is 2.51. The Labute approximate surface area is 107 Å². The van der Waals surface area contributed by atoms with Crippen LogP contribution in [-0.4, -0.2) is 48.6 Å². The maximum atomic E-state index is 11.6. The molecule has 2 fully saturated rings. The van der Waals surface area contributed by atoms with Gasteiger partial charge < -0.3 is 11.1 Å². The molecule has 6 nitrogen and oxygen atoms in total. The minimum absolute atomic E-state index is 0.270. The molecule has 18 heavy (non-hydrogen) atoms. The van der Waals surface area contributed by atoms with Crippen LogP contribution in [0.5, 0.6) is 0 Å². The van der Waals surface area contributed by atoms with Gasteiger partial charge in [-0.05, 0) is 32.2 Å². The lowest BCUT2D eigenvalue weighted by atomic mass is 10.0. The Morgan fingerprint density at radius 1 is 1.28 bits per heavy atom. The van der Waals surface area contributed by atoms with Gasteiger partial charge in [0.1, 0.15) is 0 Å². The monoisotopic (exact) mass is 254 g/mol. The van der Waals surface area contributed by atoms with Gasteiger partial charge in [-0.2, -0.15) is 0 Å². The number of primary amides is 1. The molecule has 0 radical (unpaired) electrons. The third-order valence-electron chi connectivity index (χ3n) is 3.54. The Balaban J connectivity index is 1.79. The summed E-state index contributed by atoms with van der Waals surface area (Å²) in [6.07, 6.45) is 5.96. The highest BCUT2D eigenvalue weighted by atomic mass is 16.2. The van der Waals surface area contributed by atoms with E-state index in [9.17, 15) is 9.59 Å². The van der Waals surface area contributed by atoms with Gasteiger partial charge in [-0.15, -0.1) is 0 Å². The van der Waals surface area contributed by atoms with E-state index in [0.717, 1.165) is 25.9 Å². The van der Waals surface area contributed by atoms with Crippen LogP contribution in [0.1, 0.15) is 32.1 Å². The lowest BCUT2D eigenvalue weighted by molar-refractivity contribution is -0.121. The Hall–Kier alpha value is -1.14. The Bertz CT molecular complexity index is 311. The van der Waals surface area contributed by atoms with Gasteiger partial charge in [-0.3, -0.25) is 15.0 Å². The average Bonchev–Trinajstić information content (AvgIpc) is 3.12. The van der Waals surface area contributed by atoms with E-state index in [4.69, 9.17) is 5.73 Å². The van der Waals surface area contributed by atoms with Crippen molar-refractivity contribution >= 4 is 11.9 Å². The molecule has 2 rings (SSSR count). The fourth-order valence-corrected chi connectivity index (χ4v) is 2.51. The van der Waals surface area contributed by atoms with E-state index in [-0.39, 0.29) is 12.5 Å². The number of rotatable bonds is 5. The third-order valence-corrected chi connectivity index (χ3v) is 3.54. The summed E-state index contributed by atoms with van der Waals surface area (Å²) in [5.41, 5.74) is 4.94. The number of piperidine rings is 1. The molecule has 0 aromatic heterocycles. The summed E-state index contributed by atoms with van der Waals surface area (Å²) in [5.74, 6) is -0.301. The average molecular weight is 254 g/mol. The van der Waals surface area contributed by atoms with Crippen molar-refractivity contribution in [1.82, 2.24) is 15.5 Å². The van der Waals surface area contributed by atoms with Gasteiger partial charge in [0.05, 0.1) is 6.54 Å². The van der Waals surface area contributed by atoms with Gasteiger partial charge in [0.2, 0.25) is 5.91 Å². The summed E-state index contributed by atoms with van der Waals surface area (Å²) < 4.78 is 0.